The molecular weight excluding hydrogens is 430 g/mol. The van der Waals surface area contributed by atoms with Crippen molar-refractivity contribution in [3.8, 4) is 0 Å². The summed E-state index contributed by atoms with van der Waals surface area (Å²) in [7, 11) is 3.60. The maximum Gasteiger partial charge on any atom is 0.255 e. The van der Waals surface area contributed by atoms with Crippen molar-refractivity contribution >= 4 is 28.1 Å². The number of carbonyl (C=O) groups is 1. The van der Waals surface area contributed by atoms with Crippen molar-refractivity contribution in [1.29, 1.82) is 0 Å². The number of anilines is 2. The van der Waals surface area contributed by atoms with Crippen molar-refractivity contribution in [3.05, 3.63) is 59.7 Å². The van der Waals surface area contributed by atoms with Crippen molar-refractivity contribution < 1.29 is 9.00 Å². The lowest BCUT2D eigenvalue weighted by Crippen LogP contribution is -2.31. The molecule has 6 heteroatoms. The highest BCUT2D eigenvalue weighted by atomic mass is 32.2. The molecule has 2 aromatic carbocycles. The lowest BCUT2D eigenvalue weighted by molar-refractivity contribution is 0.102. The van der Waals surface area contributed by atoms with Crippen LogP contribution in [0.5, 0.6) is 0 Å². The first kappa shape index (κ1) is 24.0. The predicted octanol–water partition coefficient (Wildman–Crippen LogP) is 4.70. The van der Waals surface area contributed by atoms with Crippen LogP contribution < -0.4 is 10.2 Å². The monoisotopic (exact) mass is 467 g/mol. The van der Waals surface area contributed by atoms with E-state index in [9.17, 15) is 9.00 Å². The molecule has 2 aliphatic rings. The summed E-state index contributed by atoms with van der Waals surface area (Å²) in [5, 5.41) is 3.34. The molecule has 33 heavy (non-hydrogen) atoms. The highest BCUT2D eigenvalue weighted by Gasteiger charge is 2.24. The molecule has 0 aliphatic carbocycles. The molecule has 2 aliphatic heterocycles. The molecule has 1 amide bonds. The zero-order valence-corrected chi connectivity index (χ0v) is 20.8. The third kappa shape index (κ3) is 6.45. The van der Waals surface area contributed by atoms with Crippen LogP contribution >= 0.6 is 0 Å². The quantitative estimate of drug-likeness (QED) is 0.641. The average molecular weight is 468 g/mol. The fourth-order valence-corrected chi connectivity index (χ4v) is 6.51. The van der Waals surface area contributed by atoms with Crippen LogP contribution in [0, 0.1) is 0 Å². The van der Waals surface area contributed by atoms with Crippen LogP contribution in [0.1, 0.15) is 54.4 Å². The van der Waals surface area contributed by atoms with E-state index in [1.165, 1.54) is 30.5 Å². The minimum atomic E-state index is -0.679. The van der Waals surface area contributed by atoms with Gasteiger partial charge < -0.3 is 15.1 Å². The molecule has 2 heterocycles. The third-order valence-electron chi connectivity index (χ3n) is 7.10. The van der Waals surface area contributed by atoms with Gasteiger partial charge >= 0.3 is 0 Å². The Morgan fingerprint density at radius 2 is 1.79 bits per heavy atom. The second kappa shape index (κ2) is 11.3. The molecule has 0 saturated carbocycles. The standard InChI is InChI=1S/C27H37N3O2S/c1-29(2)25-17-18-30(20-25)24-14-12-23(13-15-24)28-27(31)22-10-7-21(8-11-22)9-16-26-6-4-3-5-19-33(26)32/h7-8,10-15,25-26H,3-6,9,16-20H2,1-2H3,(H,28,31). The smallest absolute Gasteiger partial charge is 0.255 e. The first-order valence-electron chi connectivity index (χ1n) is 12.3. The number of amides is 1. The van der Waals surface area contributed by atoms with Gasteiger partial charge in [0.25, 0.3) is 5.91 Å². The van der Waals surface area contributed by atoms with Gasteiger partial charge in [0.05, 0.1) is 0 Å². The zero-order valence-electron chi connectivity index (χ0n) is 20.0. The van der Waals surface area contributed by atoms with Crippen molar-refractivity contribution in [2.24, 2.45) is 0 Å². The van der Waals surface area contributed by atoms with Crippen LogP contribution in [0.25, 0.3) is 0 Å². The van der Waals surface area contributed by atoms with Gasteiger partial charge in [-0.3, -0.25) is 9.00 Å². The Hall–Kier alpha value is -2.18. The molecule has 2 saturated heterocycles. The molecule has 0 radical (unpaired) electrons. The molecule has 2 aromatic rings. The lowest BCUT2D eigenvalue weighted by atomic mass is 10.0. The third-order valence-corrected chi connectivity index (χ3v) is 9.00. The maximum atomic E-state index is 12.7. The van der Waals surface area contributed by atoms with E-state index in [0.717, 1.165) is 50.2 Å². The van der Waals surface area contributed by atoms with Crippen LogP contribution in [0.4, 0.5) is 11.4 Å². The van der Waals surface area contributed by atoms with E-state index in [2.05, 4.69) is 41.3 Å². The van der Waals surface area contributed by atoms with E-state index >= 15 is 0 Å². The first-order valence-corrected chi connectivity index (χ1v) is 13.7. The van der Waals surface area contributed by atoms with E-state index in [0.29, 0.717) is 16.9 Å². The van der Waals surface area contributed by atoms with E-state index in [1.54, 1.807) is 0 Å². The Morgan fingerprint density at radius 3 is 2.48 bits per heavy atom. The minimum Gasteiger partial charge on any atom is -0.370 e. The van der Waals surface area contributed by atoms with Gasteiger partial charge in [0.15, 0.2) is 0 Å². The number of hydrogen-bond donors (Lipinski definition) is 1. The van der Waals surface area contributed by atoms with Gasteiger partial charge in [0.2, 0.25) is 0 Å². The summed E-state index contributed by atoms with van der Waals surface area (Å²) in [5.41, 5.74) is 3.89. The number of nitrogens with zero attached hydrogens (tertiary/aromatic N) is 2. The van der Waals surface area contributed by atoms with E-state index < -0.39 is 10.8 Å². The molecule has 3 unspecified atom stereocenters. The largest absolute Gasteiger partial charge is 0.370 e. The maximum absolute atomic E-state index is 12.7. The van der Waals surface area contributed by atoms with Gasteiger partial charge in [-0.15, -0.1) is 0 Å². The summed E-state index contributed by atoms with van der Waals surface area (Å²) in [5.74, 6) is 0.771. The fourth-order valence-electron chi connectivity index (χ4n) is 4.87. The van der Waals surface area contributed by atoms with Crippen LogP contribution in [-0.4, -0.2) is 59.2 Å². The molecule has 0 bridgehead atoms. The predicted molar refractivity (Wildman–Crippen MR) is 139 cm³/mol. The van der Waals surface area contributed by atoms with Crippen molar-refractivity contribution in [2.45, 2.75) is 56.2 Å². The number of aryl methyl sites for hydroxylation is 1. The molecule has 2 fully saturated rings. The Bertz CT molecular complexity index is 943. The highest BCUT2D eigenvalue weighted by molar-refractivity contribution is 7.85. The van der Waals surface area contributed by atoms with Gasteiger partial charge in [-0.25, -0.2) is 0 Å². The Kier molecular flexibility index (Phi) is 8.20. The van der Waals surface area contributed by atoms with Gasteiger partial charge in [0.1, 0.15) is 0 Å². The molecule has 1 N–H and O–H groups in total. The molecule has 5 nitrogen and oxygen atoms in total. The fraction of sp³-hybridized carbons (Fsp3) is 0.519. The van der Waals surface area contributed by atoms with Gasteiger partial charge in [-0.2, -0.15) is 0 Å². The van der Waals surface area contributed by atoms with Crippen LogP contribution in [0.15, 0.2) is 48.5 Å². The summed E-state index contributed by atoms with van der Waals surface area (Å²) in [4.78, 5) is 17.4. The molecule has 178 valence electrons. The molecule has 4 rings (SSSR count). The van der Waals surface area contributed by atoms with Crippen LogP contribution in [0.2, 0.25) is 0 Å². The number of nitrogens with one attached hydrogen (secondary N) is 1. The van der Waals surface area contributed by atoms with E-state index in [-0.39, 0.29) is 5.91 Å². The Labute approximate surface area is 201 Å². The van der Waals surface area contributed by atoms with Gasteiger partial charge in [0, 0.05) is 57.9 Å². The number of carbonyl (C=O) groups excluding carboxylic acids is 1. The Balaban J connectivity index is 1.28. The van der Waals surface area contributed by atoms with Crippen molar-refractivity contribution in [2.75, 3.05) is 43.2 Å². The number of likely N-dealkylation sites (N-methyl/N-ethyl adjacent to an activating group) is 1. The second-order valence-corrected chi connectivity index (χ2v) is 11.5. The zero-order chi connectivity index (χ0) is 23.2. The van der Waals surface area contributed by atoms with E-state index in [1.807, 2.05) is 36.4 Å². The highest BCUT2D eigenvalue weighted by Crippen LogP contribution is 2.24. The lowest BCUT2D eigenvalue weighted by Gasteiger charge is -2.22. The minimum absolute atomic E-state index is 0.0898. The summed E-state index contributed by atoms with van der Waals surface area (Å²) in [6.07, 6.45) is 7.67. The molecule has 0 spiro atoms. The molecular formula is C27H37N3O2S. The SMILES string of the molecule is CN(C)C1CCN(c2ccc(NC(=O)c3ccc(CCC4CCCCCS4=O)cc3)cc2)C1. The molecule has 3 atom stereocenters. The molecule has 0 aromatic heterocycles. The van der Waals surface area contributed by atoms with E-state index in [4.69, 9.17) is 0 Å². The average Bonchev–Trinajstić information content (AvgIpc) is 3.23. The van der Waals surface area contributed by atoms with Crippen molar-refractivity contribution in [3.63, 3.8) is 0 Å². The summed E-state index contributed by atoms with van der Waals surface area (Å²) >= 11 is 0. The van der Waals surface area contributed by atoms with Crippen molar-refractivity contribution in [1.82, 2.24) is 4.90 Å². The van der Waals surface area contributed by atoms with Gasteiger partial charge in [-0.1, -0.05) is 25.0 Å². The number of benzene rings is 2. The van der Waals surface area contributed by atoms with Crippen LogP contribution in [0.3, 0.4) is 0 Å². The first-order chi connectivity index (χ1) is 16.0. The topological polar surface area (TPSA) is 52.6 Å². The number of hydrogen-bond acceptors (Lipinski definition) is 4. The van der Waals surface area contributed by atoms with Gasteiger partial charge in [-0.05, 0) is 88.2 Å². The summed E-state index contributed by atoms with van der Waals surface area (Å²) in [6, 6.07) is 16.6. The Morgan fingerprint density at radius 1 is 1.03 bits per heavy atom. The second-order valence-electron chi connectivity index (χ2n) is 9.64. The summed E-state index contributed by atoms with van der Waals surface area (Å²) in [6.45, 7) is 2.11. The number of rotatable bonds is 7. The van der Waals surface area contributed by atoms with Crippen LogP contribution in [-0.2, 0) is 17.2 Å². The normalized spacial score (nSPS) is 23.5. The summed E-state index contributed by atoms with van der Waals surface area (Å²) < 4.78 is 12.3.